The summed E-state index contributed by atoms with van der Waals surface area (Å²) in [5.74, 6) is 1.06. The number of hydrogen-bond donors (Lipinski definition) is 1. The molecule has 1 atom stereocenters. The fourth-order valence-corrected chi connectivity index (χ4v) is 2.39. The molecular formula is C12H20N4O. The first-order valence-electron chi connectivity index (χ1n) is 6.24. The van der Waals surface area contributed by atoms with Crippen LogP contribution in [0, 0.1) is 5.92 Å². The fourth-order valence-electron chi connectivity index (χ4n) is 2.39. The number of aromatic nitrogens is 2. The number of piperidine rings is 1. The van der Waals surface area contributed by atoms with Crippen molar-refractivity contribution in [3.05, 3.63) is 11.8 Å². The maximum absolute atomic E-state index is 12.3. The number of carbonyl (C=O) groups is 1. The van der Waals surface area contributed by atoms with E-state index in [1.807, 2.05) is 11.8 Å². The Morgan fingerprint density at radius 3 is 3.06 bits per heavy atom. The second-order valence-electron chi connectivity index (χ2n) is 4.77. The van der Waals surface area contributed by atoms with Crippen molar-refractivity contribution in [3.63, 3.8) is 0 Å². The number of nitrogen functional groups attached to an aromatic ring is 1. The Hall–Kier alpha value is -1.52. The molecule has 1 unspecified atom stereocenters. The van der Waals surface area contributed by atoms with Gasteiger partial charge >= 0.3 is 0 Å². The summed E-state index contributed by atoms with van der Waals surface area (Å²) in [7, 11) is 0. The number of anilines is 1. The molecule has 17 heavy (non-hydrogen) atoms. The molecule has 5 nitrogen and oxygen atoms in total. The molecule has 2 rings (SSSR count). The van der Waals surface area contributed by atoms with Crippen LogP contribution in [0.15, 0.2) is 6.07 Å². The van der Waals surface area contributed by atoms with Gasteiger partial charge in [-0.1, -0.05) is 6.92 Å². The van der Waals surface area contributed by atoms with Crippen molar-refractivity contribution in [2.45, 2.75) is 33.2 Å². The van der Waals surface area contributed by atoms with Gasteiger partial charge < -0.3 is 10.6 Å². The van der Waals surface area contributed by atoms with Gasteiger partial charge in [-0.3, -0.25) is 9.48 Å². The van der Waals surface area contributed by atoms with Gasteiger partial charge in [0.2, 0.25) is 0 Å². The van der Waals surface area contributed by atoms with Crippen LogP contribution in [0.2, 0.25) is 0 Å². The highest BCUT2D eigenvalue weighted by molar-refractivity contribution is 5.93. The highest BCUT2D eigenvalue weighted by Gasteiger charge is 2.24. The van der Waals surface area contributed by atoms with Gasteiger partial charge in [-0.2, -0.15) is 5.10 Å². The van der Waals surface area contributed by atoms with Crippen LogP contribution in [-0.2, 0) is 6.54 Å². The van der Waals surface area contributed by atoms with Crippen molar-refractivity contribution in [1.29, 1.82) is 0 Å². The van der Waals surface area contributed by atoms with E-state index in [2.05, 4.69) is 12.0 Å². The molecule has 0 aliphatic carbocycles. The first kappa shape index (κ1) is 12.0. The van der Waals surface area contributed by atoms with E-state index in [9.17, 15) is 4.79 Å². The van der Waals surface area contributed by atoms with Gasteiger partial charge in [0, 0.05) is 25.7 Å². The van der Waals surface area contributed by atoms with E-state index in [-0.39, 0.29) is 5.91 Å². The van der Waals surface area contributed by atoms with Crippen LogP contribution in [0.1, 0.15) is 37.2 Å². The zero-order valence-corrected chi connectivity index (χ0v) is 10.5. The van der Waals surface area contributed by atoms with E-state index in [0.29, 0.717) is 24.0 Å². The zero-order valence-electron chi connectivity index (χ0n) is 10.5. The van der Waals surface area contributed by atoms with Crippen LogP contribution in [0.5, 0.6) is 0 Å². The van der Waals surface area contributed by atoms with Crippen molar-refractivity contribution >= 4 is 11.7 Å². The summed E-state index contributed by atoms with van der Waals surface area (Å²) in [5, 5.41) is 4.11. The average Bonchev–Trinajstić information content (AvgIpc) is 2.69. The van der Waals surface area contributed by atoms with Gasteiger partial charge in [0.1, 0.15) is 11.5 Å². The summed E-state index contributed by atoms with van der Waals surface area (Å²) in [4.78, 5) is 14.3. The summed E-state index contributed by atoms with van der Waals surface area (Å²) in [6.07, 6.45) is 2.29. The average molecular weight is 236 g/mol. The van der Waals surface area contributed by atoms with Crippen LogP contribution in [0.25, 0.3) is 0 Å². The molecule has 1 aliphatic rings. The Bertz CT molecular complexity index is 413. The maximum atomic E-state index is 12.3. The number of likely N-dealkylation sites (tertiary alicyclic amines) is 1. The van der Waals surface area contributed by atoms with Crippen LogP contribution in [0.3, 0.4) is 0 Å². The van der Waals surface area contributed by atoms with Gasteiger partial charge in [0.25, 0.3) is 5.91 Å². The highest BCUT2D eigenvalue weighted by atomic mass is 16.2. The minimum Gasteiger partial charge on any atom is -0.382 e. The lowest BCUT2D eigenvalue weighted by Crippen LogP contribution is -2.40. The second kappa shape index (κ2) is 4.77. The Labute approximate surface area is 102 Å². The molecule has 0 aromatic carbocycles. The number of rotatable bonds is 2. The molecule has 0 spiro atoms. The van der Waals surface area contributed by atoms with Crippen molar-refractivity contribution in [3.8, 4) is 0 Å². The quantitative estimate of drug-likeness (QED) is 0.843. The topological polar surface area (TPSA) is 64.2 Å². The Kier molecular flexibility index (Phi) is 3.36. The number of nitrogens with zero attached hydrogens (tertiary/aromatic N) is 3. The fraction of sp³-hybridized carbons (Fsp3) is 0.667. The standard InChI is InChI=1S/C12H20N4O/c1-3-16-10(7-11(13)14-16)12(17)15-6-4-5-9(2)8-15/h7,9H,3-6,8H2,1-2H3,(H2,13,14). The molecule has 1 aromatic heterocycles. The summed E-state index contributed by atoms with van der Waals surface area (Å²) >= 11 is 0. The van der Waals surface area contributed by atoms with Gasteiger partial charge in [0.05, 0.1) is 0 Å². The number of amides is 1. The molecular weight excluding hydrogens is 216 g/mol. The van der Waals surface area contributed by atoms with Crippen molar-refractivity contribution in [2.24, 2.45) is 5.92 Å². The SMILES string of the molecule is CCn1nc(N)cc1C(=O)N1CCCC(C)C1. The van der Waals surface area contributed by atoms with E-state index < -0.39 is 0 Å². The predicted octanol–water partition coefficient (Wildman–Crippen LogP) is 1.36. The van der Waals surface area contributed by atoms with Crippen LogP contribution in [0.4, 0.5) is 5.82 Å². The van der Waals surface area contributed by atoms with E-state index in [4.69, 9.17) is 5.73 Å². The minimum atomic E-state index is 0.0580. The summed E-state index contributed by atoms with van der Waals surface area (Å²) < 4.78 is 1.68. The zero-order chi connectivity index (χ0) is 12.4. The normalized spacial score (nSPS) is 20.6. The molecule has 5 heteroatoms. The Balaban J connectivity index is 2.18. The van der Waals surface area contributed by atoms with Gasteiger partial charge in [-0.15, -0.1) is 0 Å². The lowest BCUT2D eigenvalue weighted by molar-refractivity contribution is 0.0670. The minimum absolute atomic E-state index is 0.0580. The summed E-state index contributed by atoms with van der Waals surface area (Å²) in [6.45, 7) is 6.50. The highest BCUT2D eigenvalue weighted by Crippen LogP contribution is 2.18. The lowest BCUT2D eigenvalue weighted by atomic mass is 10.00. The third-order valence-corrected chi connectivity index (χ3v) is 3.26. The van der Waals surface area contributed by atoms with Gasteiger partial charge in [-0.25, -0.2) is 0 Å². The monoisotopic (exact) mass is 236 g/mol. The second-order valence-corrected chi connectivity index (χ2v) is 4.77. The molecule has 1 fully saturated rings. The van der Waals surface area contributed by atoms with Crippen LogP contribution in [-0.4, -0.2) is 33.7 Å². The van der Waals surface area contributed by atoms with E-state index in [0.717, 1.165) is 19.5 Å². The molecule has 2 heterocycles. The number of aryl methyl sites for hydroxylation is 1. The van der Waals surface area contributed by atoms with Crippen molar-refractivity contribution < 1.29 is 4.79 Å². The predicted molar refractivity (Wildman–Crippen MR) is 66.6 cm³/mol. The maximum Gasteiger partial charge on any atom is 0.272 e. The Morgan fingerprint density at radius 2 is 2.41 bits per heavy atom. The first-order valence-corrected chi connectivity index (χ1v) is 6.24. The third-order valence-electron chi connectivity index (χ3n) is 3.26. The molecule has 94 valence electrons. The smallest absolute Gasteiger partial charge is 0.272 e. The summed E-state index contributed by atoms with van der Waals surface area (Å²) in [6, 6.07) is 1.67. The number of carbonyl (C=O) groups excluding carboxylic acids is 1. The van der Waals surface area contributed by atoms with E-state index in [1.165, 1.54) is 6.42 Å². The first-order chi connectivity index (χ1) is 8.11. The Morgan fingerprint density at radius 1 is 1.65 bits per heavy atom. The van der Waals surface area contributed by atoms with E-state index in [1.54, 1.807) is 10.7 Å². The van der Waals surface area contributed by atoms with E-state index >= 15 is 0 Å². The molecule has 0 radical (unpaired) electrons. The molecule has 1 saturated heterocycles. The molecule has 1 aromatic rings. The molecule has 0 bridgehead atoms. The van der Waals surface area contributed by atoms with Crippen LogP contribution < -0.4 is 5.73 Å². The van der Waals surface area contributed by atoms with Crippen molar-refractivity contribution in [1.82, 2.24) is 14.7 Å². The summed E-state index contributed by atoms with van der Waals surface area (Å²) in [5.41, 5.74) is 6.26. The van der Waals surface area contributed by atoms with Crippen LogP contribution >= 0.6 is 0 Å². The van der Waals surface area contributed by atoms with Gasteiger partial charge in [-0.05, 0) is 25.7 Å². The third kappa shape index (κ3) is 2.43. The van der Waals surface area contributed by atoms with Crippen molar-refractivity contribution in [2.75, 3.05) is 18.8 Å². The molecule has 2 N–H and O–H groups in total. The lowest BCUT2D eigenvalue weighted by Gasteiger charge is -2.30. The largest absolute Gasteiger partial charge is 0.382 e. The van der Waals surface area contributed by atoms with Gasteiger partial charge in [0.15, 0.2) is 0 Å². The number of nitrogens with two attached hydrogens (primary N) is 1. The molecule has 1 aliphatic heterocycles. The number of hydrogen-bond acceptors (Lipinski definition) is 3. The molecule has 0 saturated carbocycles. The molecule has 1 amide bonds.